The summed E-state index contributed by atoms with van der Waals surface area (Å²) in [5, 5.41) is 26.4. The highest BCUT2D eigenvalue weighted by molar-refractivity contribution is 4.99. The van der Waals surface area contributed by atoms with E-state index in [0.29, 0.717) is 24.2 Å². The Hall–Kier alpha value is -0.860. The normalized spacial score (nSPS) is 22.5. The maximum absolute atomic E-state index is 8.80. The van der Waals surface area contributed by atoms with Gasteiger partial charge in [-0.3, -0.25) is 0 Å². The Kier molecular flexibility index (Phi) is 10.3. The topological polar surface area (TPSA) is 60.7 Å². The third-order valence-corrected chi connectivity index (χ3v) is 4.95. The number of rotatable bonds is 11. The summed E-state index contributed by atoms with van der Waals surface area (Å²) >= 11 is 0. The minimum absolute atomic E-state index is 0.0848. The molecule has 3 nitrogen and oxygen atoms in total. The average Bonchev–Trinajstić information content (AvgIpc) is 2.95. The van der Waals surface area contributed by atoms with Crippen molar-refractivity contribution >= 4 is 0 Å². The molecule has 0 bridgehead atoms. The largest absolute Gasteiger partial charge is 0.344 e. The van der Waals surface area contributed by atoms with Crippen molar-refractivity contribution in [2.45, 2.75) is 84.0 Å². The lowest BCUT2D eigenvalue weighted by molar-refractivity contribution is -0.313. The number of hydrogen-bond acceptors (Lipinski definition) is 3. The molecule has 1 unspecified atom stereocenters. The Morgan fingerprint density at radius 2 is 1.96 bits per heavy atom. The summed E-state index contributed by atoms with van der Waals surface area (Å²) in [6, 6.07) is 0. The highest BCUT2D eigenvalue weighted by atomic mass is 16.7. The van der Waals surface area contributed by atoms with Crippen LogP contribution in [0.5, 0.6) is 0 Å². The lowest BCUT2D eigenvalue weighted by Gasteiger charge is -2.14. The minimum atomic E-state index is -2.56. The molecule has 24 heavy (non-hydrogen) atoms. The van der Waals surface area contributed by atoms with Gasteiger partial charge in [0.05, 0.1) is 0 Å². The van der Waals surface area contributed by atoms with E-state index in [4.69, 9.17) is 15.3 Å². The van der Waals surface area contributed by atoms with Gasteiger partial charge >= 0.3 is 0 Å². The van der Waals surface area contributed by atoms with Gasteiger partial charge in [-0.2, -0.15) is 0 Å². The third kappa shape index (κ3) is 10.1. The number of allylic oxidation sites excluding steroid dienone is 3. The average molecular weight is 337 g/mol. The lowest BCUT2D eigenvalue weighted by Crippen LogP contribution is -2.26. The quantitative estimate of drug-likeness (QED) is 0.222. The van der Waals surface area contributed by atoms with E-state index < -0.39 is 5.97 Å². The van der Waals surface area contributed by atoms with Gasteiger partial charge in [-0.15, -0.1) is 5.73 Å². The second-order valence-corrected chi connectivity index (χ2v) is 7.34. The molecule has 138 valence electrons. The van der Waals surface area contributed by atoms with Gasteiger partial charge < -0.3 is 15.3 Å². The Morgan fingerprint density at radius 3 is 2.67 bits per heavy atom. The SMILES string of the molecule is CCCCCC(C)C=C[C@H]1CCC[C@@H]1CC=C=CCCC(O)(O)O. The van der Waals surface area contributed by atoms with Crippen LogP contribution in [0.15, 0.2) is 30.0 Å². The van der Waals surface area contributed by atoms with Crippen molar-refractivity contribution in [2.75, 3.05) is 0 Å². The van der Waals surface area contributed by atoms with E-state index in [9.17, 15) is 0 Å². The van der Waals surface area contributed by atoms with Crippen LogP contribution in [0.3, 0.4) is 0 Å². The molecular formula is C21H36O3. The first-order valence-corrected chi connectivity index (χ1v) is 9.67. The van der Waals surface area contributed by atoms with Gasteiger partial charge in [-0.25, -0.2) is 0 Å². The Balaban J connectivity index is 2.33. The molecule has 0 aromatic carbocycles. The molecule has 0 spiro atoms. The lowest BCUT2D eigenvalue weighted by atomic mass is 9.91. The summed E-state index contributed by atoms with van der Waals surface area (Å²) in [5.41, 5.74) is 3.10. The van der Waals surface area contributed by atoms with Gasteiger partial charge in [0.25, 0.3) is 5.97 Å². The van der Waals surface area contributed by atoms with E-state index >= 15 is 0 Å². The standard InChI is InChI=1S/C21H36O3/c1-3-4-7-11-18(2)15-16-20-14-10-13-19(20)12-8-5-6-9-17-21(22,23)24/h6,8,15-16,18-20,22-24H,3-4,7,9-14,17H2,1-2H3/t5?,18?,19-,20+/m0/s1. The summed E-state index contributed by atoms with van der Waals surface area (Å²) in [6.07, 6.45) is 19.2. The second-order valence-electron chi connectivity index (χ2n) is 7.34. The van der Waals surface area contributed by atoms with Crippen molar-refractivity contribution in [3.8, 4) is 0 Å². The predicted molar refractivity (Wildman–Crippen MR) is 99.2 cm³/mol. The summed E-state index contributed by atoms with van der Waals surface area (Å²) in [7, 11) is 0. The molecule has 1 aliphatic rings. The molecule has 0 saturated heterocycles. The Labute approximate surface area is 147 Å². The zero-order valence-electron chi connectivity index (χ0n) is 15.5. The summed E-state index contributed by atoms with van der Waals surface area (Å²) in [4.78, 5) is 0. The van der Waals surface area contributed by atoms with Crippen LogP contribution in [-0.4, -0.2) is 21.3 Å². The van der Waals surface area contributed by atoms with E-state index in [1.807, 2.05) is 0 Å². The van der Waals surface area contributed by atoms with Crippen LogP contribution in [-0.2, 0) is 0 Å². The van der Waals surface area contributed by atoms with Gasteiger partial charge in [0.2, 0.25) is 0 Å². The first kappa shape index (κ1) is 21.2. The van der Waals surface area contributed by atoms with E-state index in [2.05, 4.69) is 37.8 Å². The highest BCUT2D eigenvalue weighted by Gasteiger charge is 2.24. The van der Waals surface area contributed by atoms with E-state index in [0.717, 1.165) is 6.42 Å². The molecular weight excluding hydrogens is 300 g/mol. The molecule has 0 aliphatic heterocycles. The molecule has 3 heteroatoms. The van der Waals surface area contributed by atoms with Crippen molar-refractivity contribution in [3.63, 3.8) is 0 Å². The van der Waals surface area contributed by atoms with E-state index in [1.165, 1.54) is 44.9 Å². The molecule has 0 amide bonds. The Morgan fingerprint density at radius 1 is 1.17 bits per heavy atom. The molecule has 1 fully saturated rings. The van der Waals surface area contributed by atoms with Gasteiger partial charge in [-0.1, -0.05) is 51.7 Å². The maximum atomic E-state index is 8.80. The zero-order valence-corrected chi connectivity index (χ0v) is 15.5. The fourth-order valence-corrected chi connectivity index (χ4v) is 3.41. The molecule has 1 aliphatic carbocycles. The van der Waals surface area contributed by atoms with Crippen LogP contribution in [0, 0.1) is 17.8 Å². The predicted octanol–water partition coefficient (Wildman–Crippen LogP) is 4.69. The Bertz CT molecular complexity index is 413. The molecule has 1 saturated carbocycles. The van der Waals surface area contributed by atoms with Crippen molar-refractivity contribution in [1.29, 1.82) is 0 Å². The van der Waals surface area contributed by atoms with Gasteiger partial charge in [-0.05, 0) is 62.0 Å². The molecule has 0 radical (unpaired) electrons. The van der Waals surface area contributed by atoms with Crippen LogP contribution >= 0.6 is 0 Å². The first-order valence-electron chi connectivity index (χ1n) is 9.67. The number of hydrogen-bond donors (Lipinski definition) is 3. The van der Waals surface area contributed by atoms with Crippen LogP contribution in [0.4, 0.5) is 0 Å². The molecule has 1 rings (SSSR count). The molecule has 0 aromatic rings. The van der Waals surface area contributed by atoms with Crippen LogP contribution in [0.25, 0.3) is 0 Å². The molecule has 0 aromatic heterocycles. The van der Waals surface area contributed by atoms with Crippen LogP contribution < -0.4 is 0 Å². The van der Waals surface area contributed by atoms with Gasteiger partial charge in [0, 0.05) is 6.42 Å². The maximum Gasteiger partial charge on any atom is 0.275 e. The fourth-order valence-electron chi connectivity index (χ4n) is 3.41. The smallest absolute Gasteiger partial charge is 0.275 e. The highest BCUT2D eigenvalue weighted by Crippen LogP contribution is 2.35. The monoisotopic (exact) mass is 336 g/mol. The number of unbranched alkanes of at least 4 members (excludes halogenated alkanes) is 2. The van der Waals surface area contributed by atoms with Crippen LogP contribution in [0.2, 0.25) is 0 Å². The second kappa shape index (κ2) is 11.7. The molecule has 0 heterocycles. The fraction of sp³-hybridized carbons (Fsp3) is 0.762. The third-order valence-electron chi connectivity index (χ3n) is 4.95. The first-order chi connectivity index (χ1) is 11.4. The molecule has 3 N–H and O–H groups in total. The minimum Gasteiger partial charge on any atom is -0.344 e. The summed E-state index contributed by atoms with van der Waals surface area (Å²) in [6.45, 7) is 4.57. The van der Waals surface area contributed by atoms with Crippen molar-refractivity contribution in [2.24, 2.45) is 17.8 Å². The summed E-state index contributed by atoms with van der Waals surface area (Å²) in [5.74, 6) is -0.480. The van der Waals surface area contributed by atoms with Crippen LogP contribution in [0.1, 0.15) is 78.1 Å². The zero-order chi connectivity index (χ0) is 17.8. The van der Waals surface area contributed by atoms with Gasteiger partial charge in [0.15, 0.2) is 0 Å². The number of aliphatic hydroxyl groups is 3. The van der Waals surface area contributed by atoms with E-state index in [-0.39, 0.29) is 6.42 Å². The summed E-state index contributed by atoms with van der Waals surface area (Å²) < 4.78 is 0. The van der Waals surface area contributed by atoms with Crippen molar-refractivity contribution in [3.05, 3.63) is 30.0 Å². The van der Waals surface area contributed by atoms with Gasteiger partial charge in [0.1, 0.15) is 0 Å². The van der Waals surface area contributed by atoms with Crippen molar-refractivity contribution < 1.29 is 15.3 Å². The van der Waals surface area contributed by atoms with E-state index in [1.54, 1.807) is 6.08 Å². The molecule has 3 atom stereocenters. The van der Waals surface area contributed by atoms with Crippen molar-refractivity contribution in [1.82, 2.24) is 0 Å².